The minimum Gasteiger partial charge on any atom is -0.481 e. The Kier molecular flexibility index (Phi) is 4.40. The topological polar surface area (TPSA) is 69.6 Å². The molecular weight excluding hydrogens is 256 g/mol. The molecule has 0 bridgehead atoms. The highest BCUT2D eigenvalue weighted by Crippen LogP contribution is 2.17. The number of nitrogens with one attached hydrogen (secondary N) is 1. The zero-order valence-electron chi connectivity index (χ0n) is 11.4. The van der Waals surface area contributed by atoms with E-state index in [1.807, 2.05) is 6.92 Å². The van der Waals surface area contributed by atoms with Gasteiger partial charge in [0.15, 0.2) is 0 Å². The summed E-state index contributed by atoms with van der Waals surface area (Å²) in [5, 5.41) is 11.7. The van der Waals surface area contributed by atoms with Crippen LogP contribution in [0.2, 0.25) is 0 Å². The van der Waals surface area contributed by atoms with Crippen molar-refractivity contribution in [1.29, 1.82) is 0 Å². The number of nitrogens with zero attached hydrogens (tertiary/aromatic N) is 1. The number of benzene rings is 1. The molecule has 20 heavy (non-hydrogen) atoms. The van der Waals surface area contributed by atoms with Crippen LogP contribution in [0, 0.1) is 0 Å². The quantitative estimate of drug-likeness (QED) is 0.832. The van der Waals surface area contributed by atoms with E-state index in [4.69, 9.17) is 5.11 Å². The van der Waals surface area contributed by atoms with Crippen molar-refractivity contribution < 1.29 is 14.7 Å². The fraction of sp³-hybridized carbons (Fsp3) is 0.333. The molecule has 2 N–H and O–H groups in total. The first kappa shape index (κ1) is 14.1. The number of hydrogen-bond donors (Lipinski definition) is 2. The number of rotatable bonds is 3. The first-order valence-electron chi connectivity index (χ1n) is 6.57. The van der Waals surface area contributed by atoms with E-state index in [9.17, 15) is 9.59 Å². The van der Waals surface area contributed by atoms with Crippen LogP contribution < -0.4 is 5.32 Å². The van der Waals surface area contributed by atoms with Crippen LogP contribution >= 0.6 is 0 Å². The number of para-hydroxylation sites is 1. The lowest BCUT2D eigenvalue weighted by Crippen LogP contribution is -2.38. The summed E-state index contributed by atoms with van der Waals surface area (Å²) < 4.78 is 0. The maximum Gasteiger partial charge on any atom is 0.322 e. The smallest absolute Gasteiger partial charge is 0.322 e. The zero-order chi connectivity index (χ0) is 14.5. The highest BCUT2D eigenvalue weighted by molar-refractivity contribution is 5.91. The standard InChI is InChI=1S/C15H18N2O3/c1-11-5-4-8-17(10-11)15(20)16-13-7-3-2-6-12(13)9-14(18)19/h2-3,5-7H,4,8-10H2,1H3,(H,16,20)(H,18,19). The molecule has 0 unspecified atom stereocenters. The summed E-state index contributed by atoms with van der Waals surface area (Å²) in [6.07, 6.45) is 2.88. The Labute approximate surface area is 117 Å². The SMILES string of the molecule is CC1=CCCN(C(=O)Nc2ccccc2CC(=O)O)C1. The molecule has 2 rings (SSSR count). The third-order valence-electron chi connectivity index (χ3n) is 3.22. The van der Waals surface area contributed by atoms with E-state index in [0.29, 0.717) is 24.3 Å². The highest BCUT2D eigenvalue weighted by Gasteiger charge is 2.17. The van der Waals surface area contributed by atoms with Gasteiger partial charge in [0.2, 0.25) is 0 Å². The van der Waals surface area contributed by atoms with Crippen molar-refractivity contribution >= 4 is 17.7 Å². The Morgan fingerprint density at radius 3 is 2.80 bits per heavy atom. The van der Waals surface area contributed by atoms with Crippen LogP contribution in [0.4, 0.5) is 10.5 Å². The largest absolute Gasteiger partial charge is 0.481 e. The van der Waals surface area contributed by atoms with E-state index in [0.717, 1.165) is 6.42 Å². The van der Waals surface area contributed by atoms with Crippen LogP contribution in [0.5, 0.6) is 0 Å². The van der Waals surface area contributed by atoms with Gasteiger partial charge in [-0.3, -0.25) is 4.79 Å². The molecule has 0 fully saturated rings. The Morgan fingerprint density at radius 2 is 2.10 bits per heavy atom. The molecule has 1 aliphatic rings. The second-order valence-corrected chi connectivity index (χ2v) is 4.92. The maximum atomic E-state index is 12.2. The molecule has 2 amide bonds. The van der Waals surface area contributed by atoms with Gasteiger partial charge >= 0.3 is 12.0 Å². The molecule has 0 aliphatic carbocycles. The number of carboxylic acids is 1. The van der Waals surface area contributed by atoms with Crippen LogP contribution in [0.1, 0.15) is 18.9 Å². The molecule has 1 aromatic carbocycles. The Bertz CT molecular complexity index is 552. The number of aliphatic carboxylic acids is 1. The van der Waals surface area contributed by atoms with Crippen LogP contribution in [-0.4, -0.2) is 35.1 Å². The zero-order valence-corrected chi connectivity index (χ0v) is 11.4. The molecule has 1 heterocycles. The van der Waals surface area contributed by atoms with Crippen LogP contribution in [0.25, 0.3) is 0 Å². The van der Waals surface area contributed by atoms with Crippen LogP contribution in [0.15, 0.2) is 35.9 Å². The van der Waals surface area contributed by atoms with Gasteiger partial charge in [-0.05, 0) is 25.0 Å². The third kappa shape index (κ3) is 3.60. The second-order valence-electron chi connectivity index (χ2n) is 4.92. The van der Waals surface area contributed by atoms with E-state index in [-0.39, 0.29) is 12.5 Å². The van der Waals surface area contributed by atoms with Gasteiger partial charge in [0.05, 0.1) is 6.42 Å². The summed E-state index contributed by atoms with van der Waals surface area (Å²) >= 11 is 0. The molecule has 0 saturated carbocycles. The van der Waals surface area contributed by atoms with Crippen LogP contribution in [-0.2, 0) is 11.2 Å². The molecule has 0 spiro atoms. The summed E-state index contributed by atoms with van der Waals surface area (Å²) in [7, 11) is 0. The molecule has 106 valence electrons. The lowest BCUT2D eigenvalue weighted by Gasteiger charge is -2.26. The van der Waals surface area contributed by atoms with Crippen molar-refractivity contribution in [3.05, 3.63) is 41.5 Å². The molecule has 0 saturated heterocycles. The second kappa shape index (κ2) is 6.23. The van der Waals surface area contributed by atoms with Gasteiger partial charge in [0.1, 0.15) is 0 Å². The van der Waals surface area contributed by atoms with E-state index in [2.05, 4.69) is 11.4 Å². The van der Waals surface area contributed by atoms with Crippen LogP contribution in [0.3, 0.4) is 0 Å². The average molecular weight is 274 g/mol. The highest BCUT2D eigenvalue weighted by atomic mass is 16.4. The summed E-state index contributed by atoms with van der Waals surface area (Å²) in [5.74, 6) is -0.913. The number of carboxylic acid groups (broad SMARTS) is 1. The average Bonchev–Trinajstić information content (AvgIpc) is 2.40. The van der Waals surface area contributed by atoms with Gasteiger partial charge in [-0.25, -0.2) is 4.79 Å². The van der Waals surface area contributed by atoms with E-state index in [1.54, 1.807) is 29.2 Å². The summed E-state index contributed by atoms with van der Waals surface area (Å²) in [4.78, 5) is 24.7. The van der Waals surface area contributed by atoms with Crippen molar-refractivity contribution in [3.8, 4) is 0 Å². The third-order valence-corrected chi connectivity index (χ3v) is 3.22. The van der Waals surface area contributed by atoms with E-state index < -0.39 is 5.97 Å². The number of anilines is 1. The minimum absolute atomic E-state index is 0.102. The predicted octanol–water partition coefficient (Wildman–Crippen LogP) is 2.50. The van der Waals surface area contributed by atoms with Gasteiger partial charge in [-0.2, -0.15) is 0 Å². The lowest BCUT2D eigenvalue weighted by molar-refractivity contribution is -0.136. The molecule has 5 heteroatoms. The number of carbonyl (C=O) groups excluding carboxylic acids is 1. The van der Waals surface area contributed by atoms with Crippen molar-refractivity contribution in [1.82, 2.24) is 4.90 Å². The van der Waals surface area contributed by atoms with E-state index >= 15 is 0 Å². The normalized spacial score (nSPS) is 14.7. The van der Waals surface area contributed by atoms with Crippen molar-refractivity contribution in [2.45, 2.75) is 19.8 Å². The Balaban J connectivity index is 2.08. The molecule has 0 atom stereocenters. The lowest BCUT2D eigenvalue weighted by atomic mass is 10.1. The number of urea groups is 1. The van der Waals surface area contributed by atoms with Crippen molar-refractivity contribution in [2.75, 3.05) is 18.4 Å². The first-order chi connectivity index (χ1) is 9.56. The first-order valence-corrected chi connectivity index (χ1v) is 6.57. The summed E-state index contributed by atoms with van der Waals surface area (Å²) in [5.41, 5.74) is 2.34. The van der Waals surface area contributed by atoms with Gasteiger partial charge in [-0.1, -0.05) is 29.8 Å². The van der Waals surface area contributed by atoms with Gasteiger partial charge in [-0.15, -0.1) is 0 Å². The van der Waals surface area contributed by atoms with Gasteiger partial charge in [0, 0.05) is 18.8 Å². The molecule has 1 aromatic rings. The van der Waals surface area contributed by atoms with Gasteiger partial charge in [0.25, 0.3) is 0 Å². The minimum atomic E-state index is -0.913. The Morgan fingerprint density at radius 1 is 1.35 bits per heavy atom. The fourth-order valence-corrected chi connectivity index (χ4v) is 2.24. The van der Waals surface area contributed by atoms with Crippen molar-refractivity contribution in [3.63, 3.8) is 0 Å². The van der Waals surface area contributed by atoms with Gasteiger partial charge < -0.3 is 15.3 Å². The molecule has 0 radical (unpaired) electrons. The number of amides is 2. The molecule has 1 aliphatic heterocycles. The summed E-state index contributed by atoms with van der Waals surface area (Å²) in [6, 6.07) is 6.80. The van der Waals surface area contributed by atoms with Crippen molar-refractivity contribution in [2.24, 2.45) is 0 Å². The molecule has 0 aromatic heterocycles. The van der Waals surface area contributed by atoms with E-state index in [1.165, 1.54) is 5.57 Å². The number of carbonyl (C=O) groups is 2. The predicted molar refractivity (Wildman–Crippen MR) is 76.7 cm³/mol. The fourth-order valence-electron chi connectivity index (χ4n) is 2.24. The monoisotopic (exact) mass is 274 g/mol. The number of hydrogen-bond acceptors (Lipinski definition) is 2. The Hall–Kier alpha value is -2.30. The summed E-state index contributed by atoms with van der Waals surface area (Å²) in [6.45, 7) is 3.30. The molecular formula is C15H18N2O3. The maximum absolute atomic E-state index is 12.2. The molecule has 5 nitrogen and oxygen atoms in total.